The van der Waals surface area contributed by atoms with Crippen molar-refractivity contribution in [3.8, 4) is 0 Å². The molecule has 0 saturated carbocycles. The molecule has 29 heavy (non-hydrogen) atoms. The van der Waals surface area contributed by atoms with Crippen LogP contribution in [0.3, 0.4) is 0 Å². The van der Waals surface area contributed by atoms with Crippen molar-refractivity contribution < 1.29 is 9.59 Å². The number of carbonyl (C=O) groups excluding carboxylic acids is 2. The molecule has 3 saturated heterocycles. The lowest BCUT2D eigenvalue weighted by Crippen LogP contribution is -2.44. The van der Waals surface area contributed by atoms with Gasteiger partial charge in [0.25, 0.3) is 0 Å². The number of aromatic nitrogens is 1. The van der Waals surface area contributed by atoms with Crippen LogP contribution in [0.1, 0.15) is 37.7 Å². The molecule has 1 aromatic rings. The maximum absolute atomic E-state index is 13.0. The van der Waals surface area contributed by atoms with Crippen molar-refractivity contribution in [3.05, 3.63) is 30.1 Å². The van der Waals surface area contributed by atoms with E-state index < -0.39 is 0 Å². The second-order valence-electron chi connectivity index (χ2n) is 8.29. The maximum Gasteiger partial charge on any atom is 0.227 e. The number of hydrogen-bond acceptors (Lipinski definition) is 4. The summed E-state index contributed by atoms with van der Waals surface area (Å²) in [6.07, 6.45) is 8.67. The van der Waals surface area contributed by atoms with Gasteiger partial charge in [0.1, 0.15) is 0 Å². The lowest BCUT2D eigenvalue weighted by atomic mass is 9.79. The first kappa shape index (κ1) is 23.9. The van der Waals surface area contributed by atoms with Crippen molar-refractivity contribution >= 4 is 36.6 Å². The normalized spacial score (nSPS) is 23.4. The monoisotopic (exact) mass is 442 g/mol. The molecular weight excluding hydrogens is 411 g/mol. The van der Waals surface area contributed by atoms with E-state index in [-0.39, 0.29) is 42.5 Å². The molecule has 2 amide bonds. The third-order valence-electron chi connectivity index (χ3n) is 6.56. The van der Waals surface area contributed by atoms with Gasteiger partial charge in [-0.3, -0.25) is 14.6 Å². The molecule has 3 fully saturated rings. The highest BCUT2D eigenvalue weighted by Crippen LogP contribution is 2.32. The first-order valence-corrected chi connectivity index (χ1v) is 10.4. The average Bonchev–Trinajstić information content (AvgIpc) is 3.09. The molecule has 6 nitrogen and oxygen atoms in total. The minimum absolute atomic E-state index is 0. The molecule has 4 rings (SSSR count). The van der Waals surface area contributed by atoms with E-state index in [9.17, 15) is 9.59 Å². The van der Waals surface area contributed by atoms with E-state index >= 15 is 0 Å². The fourth-order valence-electron chi connectivity index (χ4n) is 4.97. The van der Waals surface area contributed by atoms with E-state index in [1.165, 1.54) is 12.8 Å². The number of nitrogens with zero attached hydrogens (tertiary/aromatic N) is 3. The second-order valence-corrected chi connectivity index (χ2v) is 8.29. The predicted octanol–water partition coefficient (Wildman–Crippen LogP) is 2.51. The van der Waals surface area contributed by atoms with Crippen molar-refractivity contribution in [1.82, 2.24) is 20.1 Å². The molecule has 1 aromatic heterocycles. The Morgan fingerprint density at radius 3 is 2.45 bits per heavy atom. The Bertz CT molecular complexity index is 662. The lowest BCUT2D eigenvalue weighted by molar-refractivity contribution is -0.137. The number of nitrogens with one attached hydrogen (secondary N) is 1. The Labute approximate surface area is 185 Å². The second kappa shape index (κ2) is 11.1. The van der Waals surface area contributed by atoms with Gasteiger partial charge in [-0.25, -0.2) is 0 Å². The van der Waals surface area contributed by atoms with Crippen molar-refractivity contribution in [3.63, 3.8) is 0 Å². The number of pyridine rings is 1. The maximum atomic E-state index is 13.0. The molecule has 8 heteroatoms. The van der Waals surface area contributed by atoms with Gasteiger partial charge >= 0.3 is 0 Å². The zero-order valence-electron chi connectivity index (χ0n) is 16.8. The van der Waals surface area contributed by atoms with Crippen molar-refractivity contribution in [1.29, 1.82) is 0 Å². The highest BCUT2D eigenvalue weighted by atomic mass is 35.5. The van der Waals surface area contributed by atoms with Crippen LogP contribution in [-0.2, 0) is 16.1 Å². The van der Waals surface area contributed by atoms with Crippen LogP contribution in [0.25, 0.3) is 0 Å². The average molecular weight is 443 g/mol. The molecule has 3 aliphatic heterocycles. The summed E-state index contributed by atoms with van der Waals surface area (Å²) in [4.78, 5) is 33.2. The number of hydrogen-bond donors (Lipinski definition) is 1. The van der Waals surface area contributed by atoms with Crippen LogP contribution in [0.15, 0.2) is 24.5 Å². The Balaban J connectivity index is 0.00000150. The number of carbonyl (C=O) groups is 2. The van der Waals surface area contributed by atoms with Crippen LogP contribution in [0.2, 0.25) is 0 Å². The van der Waals surface area contributed by atoms with Gasteiger partial charge in [0.15, 0.2) is 0 Å². The summed E-state index contributed by atoms with van der Waals surface area (Å²) in [7, 11) is 0. The van der Waals surface area contributed by atoms with Gasteiger partial charge in [-0.2, -0.15) is 0 Å². The van der Waals surface area contributed by atoms with Crippen LogP contribution < -0.4 is 5.32 Å². The van der Waals surface area contributed by atoms with Crippen molar-refractivity contribution in [2.45, 2.75) is 38.6 Å². The predicted molar refractivity (Wildman–Crippen MR) is 117 cm³/mol. The summed E-state index contributed by atoms with van der Waals surface area (Å²) >= 11 is 0. The summed E-state index contributed by atoms with van der Waals surface area (Å²) in [5.74, 6) is 1.68. The van der Waals surface area contributed by atoms with Crippen LogP contribution in [-0.4, -0.2) is 59.3 Å². The number of amides is 2. The molecule has 0 aromatic carbocycles. The third-order valence-corrected chi connectivity index (χ3v) is 6.56. The highest BCUT2D eigenvalue weighted by Gasteiger charge is 2.38. The summed E-state index contributed by atoms with van der Waals surface area (Å²) in [6, 6.07) is 3.85. The van der Waals surface area contributed by atoms with Gasteiger partial charge in [-0.15, -0.1) is 24.8 Å². The first-order chi connectivity index (χ1) is 13.2. The molecule has 3 aliphatic rings. The third kappa shape index (κ3) is 5.83. The smallest absolute Gasteiger partial charge is 0.227 e. The van der Waals surface area contributed by atoms with Crippen LogP contribution in [0.4, 0.5) is 0 Å². The summed E-state index contributed by atoms with van der Waals surface area (Å²) < 4.78 is 0. The lowest BCUT2D eigenvalue weighted by Gasteiger charge is -2.38. The fourth-order valence-corrected chi connectivity index (χ4v) is 4.97. The van der Waals surface area contributed by atoms with Gasteiger partial charge in [-0.05, 0) is 62.2 Å². The fraction of sp³-hybridized carbons (Fsp3) is 0.667. The van der Waals surface area contributed by atoms with E-state index in [0.717, 1.165) is 56.4 Å². The zero-order chi connectivity index (χ0) is 18.6. The topological polar surface area (TPSA) is 65.5 Å². The van der Waals surface area contributed by atoms with E-state index in [0.29, 0.717) is 19.5 Å². The molecular formula is C21H32Cl2N4O2. The summed E-state index contributed by atoms with van der Waals surface area (Å²) in [5.41, 5.74) is 1.02. The number of halogens is 2. The Morgan fingerprint density at radius 2 is 1.79 bits per heavy atom. The van der Waals surface area contributed by atoms with Gasteiger partial charge in [-0.1, -0.05) is 6.07 Å². The standard InChI is InChI=1S/C21H30N4O2.2ClH/c26-20-12-19(15-25(20)14-16-2-1-7-23-13-16)21(27)24-10-5-18(6-11-24)17-3-8-22-9-4-17;;/h1-2,7,13,17-19,22H,3-6,8-12,14-15H2;2*1H. The minimum Gasteiger partial charge on any atom is -0.342 e. The van der Waals surface area contributed by atoms with E-state index in [1.54, 1.807) is 17.3 Å². The quantitative estimate of drug-likeness (QED) is 0.777. The summed E-state index contributed by atoms with van der Waals surface area (Å²) in [5, 5.41) is 3.44. The zero-order valence-corrected chi connectivity index (χ0v) is 18.4. The van der Waals surface area contributed by atoms with Gasteiger partial charge in [0.05, 0.1) is 5.92 Å². The van der Waals surface area contributed by atoms with Crippen LogP contribution in [0, 0.1) is 17.8 Å². The molecule has 162 valence electrons. The summed E-state index contributed by atoms with van der Waals surface area (Å²) in [6.45, 7) is 5.10. The Hall–Kier alpha value is -1.37. The SMILES string of the molecule is Cl.Cl.O=C1CC(C(=O)N2CCC(C3CCNCC3)CC2)CN1Cc1cccnc1. The van der Waals surface area contributed by atoms with Gasteiger partial charge < -0.3 is 15.1 Å². The first-order valence-electron chi connectivity index (χ1n) is 10.4. The number of rotatable bonds is 4. The number of likely N-dealkylation sites (tertiary alicyclic amines) is 2. The van der Waals surface area contributed by atoms with E-state index in [4.69, 9.17) is 0 Å². The van der Waals surface area contributed by atoms with Crippen LogP contribution >= 0.6 is 24.8 Å². The molecule has 0 spiro atoms. The highest BCUT2D eigenvalue weighted by molar-refractivity contribution is 5.89. The Morgan fingerprint density at radius 1 is 1.10 bits per heavy atom. The van der Waals surface area contributed by atoms with Crippen molar-refractivity contribution in [2.75, 3.05) is 32.7 Å². The molecule has 1 atom stereocenters. The molecule has 0 radical (unpaired) electrons. The van der Waals surface area contributed by atoms with E-state index in [2.05, 4.69) is 10.3 Å². The largest absolute Gasteiger partial charge is 0.342 e. The Kier molecular flexibility index (Phi) is 9.18. The number of piperidine rings is 2. The van der Waals surface area contributed by atoms with E-state index in [1.807, 2.05) is 17.0 Å². The van der Waals surface area contributed by atoms with Gasteiger partial charge in [0.2, 0.25) is 11.8 Å². The van der Waals surface area contributed by atoms with Crippen molar-refractivity contribution in [2.24, 2.45) is 17.8 Å². The molecule has 1 unspecified atom stereocenters. The molecule has 0 bridgehead atoms. The molecule has 4 heterocycles. The van der Waals surface area contributed by atoms with Crippen LogP contribution in [0.5, 0.6) is 0 Å². The molecule has 0 aliphatic carbocycles. The van der Waals surface area contributed by atoms with Gasteiger partial charge in [0, 0.05) is 45.0 Å². The minimum atomic E-state index is -0.176. The molecule has 1 N–H and O–H groups in total.